The van der Waals surface area contributed by atoms with E-state index in [2.05, 4.69) is 28.9 Å². The zero-order chi connectivity index (χ0) is 11.5. The van der Waals surface area contributed by atoms with Gasteiger partial charge in [-0.1, -0.05) is 13.8 Å². The van der Waals surface area contributed by atoms with Crippen molar-refractivity contribution < 1.29 is 0 Å². The molecule has 4 heteroatoms. The lowest BCUT2D eigenvalue weighted by atomic mass is 9.93. The van der Waals surface area contributed by atoms with Crippen molar-refractivity contribution in [2.24, 2.45) is 11.1 Å². The maximum absolute atomic E-state index is 5.70. The van der Waals surface area contributed by atoms with Gasteiger partial charge in [0, 0.05) is 13.6 Å². The molecule has 0 aliphatic carbocycles. The van der Waals surface area contributed by atoms with Gasteiger partial charge in [0.1, 0.15) is 0 Å². The molecule has 0 fully saturated rings. The molecule has 0 radical (unpaired) electrons. The summed E-state index contributed by atoms with van der Waals surface area (Å²) >= 11 is 0. The second-order valence-electron chi connectivity index (χ2n) is 4.82. The average Bonchev–Trinajstić information content (AvgIpc) is 2.17. The molecule has 0 bridgehead atoms. The molecule has 0 saturated carbocycles. The van der Waals surface area contributed by atoms with E-state index in [1.165, 1.54) is 0 Å². The van der Waals surface area contributed by atoms with Gasteiger partial charge in [-0.3, -0.25) is 0 Å². The van der Waals surface area contributed by atoms with Crippen LogP contribution in [0.2, 0.25) is 0 Å². The lowest BCUT2D eigenvalue weighted by molar-refractivity contribution is 0.384. The fraction of sp³-hybridized carbons (Fsp3) is 0.636. The van der Waals surface area contributed by atoms with Gasteiger partial charge in [0.15, 0.2) is 5.82 Å². The summed E-state index contributed by atoms with van der Waals surface area (Å²) in [7, 11) is 2.01. The average molecular weight is 208 g/mol. The Kier molecular flexibility index (Phi) is 3.63. The molecule has 84 valence electrons. The first-order valence-corrected chi connectivity index (χ1v) is 5.15. The standard InChI is InChI=1S/C11H20N4/c1-9-5-10(14-13-6-9)15(4)8-11(2,3)7-12/h5-6H,7-8,12H2,1-4H3. The summed E-state index contributed by atoms with van der Waals surface area (Å²) in [4.78, 5) is 2.09. The lowest BCUT2D eigenvalue weighted by Gasteiger charge is -2.29. The molecule has 15 heavy (non-hydrogen) atoms. The summed E-state index contributed by atoms with van der Waals surface area (Å²) < 4.78 is 0. The van der Waals surface area contributed by atoms with Crippen LogP contribution < -0.4 is 10.6 Å². The first-order valence-electron chi connectivity index (χ1n) is 5.15. The van der Waals surface area contributed by atoms with Crippen molar-refractivity contribution in [1.82, 2.24) is 10.2 Å². The molecule has 0 aliphatic heterocycles. The number of rotatable bonds is 4. The van der Waals surface area contributed by atoms with E-state index in [4.69, 9.17) is 5.73 Å². The van der Waals surface area contributed by atoms with Crippen LogP contribution in [0, 0.1) is 12.3 Å². The summed E-state index contributed by atoms with van der Waals surface area (Å²) in [5.41, 5.74) is 6.92. The minimum Gasteiger partial charge on any atom is -0.358 e. The Morgan fingerprint density at radius 2 is 2.13 bits per heavy atom. The van der Waals surface area contributed by atoms with Crippen LogP contribution in [-0.4, -0.2) is 30.3 Å². The van der Waals surface area contributed by atoms with Crippen molar-refractivity contribution in [3.8, 4) is 0 Å². The molecule has 2 N–H and O–H groups in total. The minimum atomic E-state index is 0.0974. The summed E-state index contributed by atoms with van der Waals surface area (Å²) in [5, 5.41) is 8.03. The maximum Gasteiger partial charge on any atom is 0.151 e. The second-order valence-corrected chi connectivity index (χ2v) is 4.82. The topological polar surface area (TPSA) is 55.0 Å². The number of aryl methyl sites for hydroxylation is 1. The number of hydrogen-bond donors (Lipinski definition) is 1. The summed E-state index contributed by atoms with van der Waals surface area (Å²) in [6, 6.07) is 2.03. The van der Waals surface area contributed by atoms with Crippen LogP contribution in [0.1, 0.15) is 19.4 Å². The number of anilines is 1. The predicted octanol–water partition coefficient (Wildman–Crippen LogP) is 1.21. The molecule has 0 aliphatic rings. The molecule has 1 heterocycles. The zero-order valence-electron chi connectivity index (χ0n) is 9.99. The largest absolute Gasteiger partial charge is 0.358 e. The van der Waals surface area contributed by atoms with Crippen molar-refractivity contribution in [3.63, 3.8) is 0 Å². The third-order valence-electron chi connectivity index (χ3n) is 2.39. The number of hydrogen-bond acceptors (Lipinski definition) is 4. The molecule has 1 aromatic rings. The first kappa shape index (κ1) is 11.9. The Balaban J connectivity index is 2.73. The molecule has 0 spiro atoms. The van der Waals surface area contributed by atoms with Gasteiger partial charge in [0.25, 0.3) is 0 Å². The van der Waals surface area contributed by atoms with Gasteiger partial charge in [-0.05, 0) is 30.5 Å². The Bertz CT molecular complexity index is 322. The molecule has 4 nitrogen and oxygen atoms in total. The fourth-order valence-corrected chi connectivity index (χ4v) is 1.42. The molecule has 1 rings (SSSR count). The van der Waals surface area contributed by atoms with E-state index in [0.29, 0.717) is 6.54 Å². The Morgan fingerprint density at radius 3 is 2.67 bits per heavy atom. The second kappa shape index (κ2) is 4.57. The van der Waals surface area contributed by atoms with Crippen LogP contribution >= 0.6 is 0 Å². The van der Waals surface area contributed by atoms with Crippen molar-refractivity contribution in [2.75, 3.05) is 25.0 Å². The predicted molar refractivity (Wildman–Crippen MR) is 62.9 cm³/mol. The van der Waals surface area contributed by atoms with E-state index in [9.17, 15) is 0 Å². The molecule has 0 saturated heterocycles. The van der Waals surface area contributed by atoms with Crippen molar-refractivity contribution in [3.05, 3.63) is 17.8 Å². The first-order chi connectivity index (χ1) is 6.94. The maximum atomic E-state index is 5.70. The molecular weight excluding hydrogens is 188 g/mol. The van der Waals surface area contributed by atoms with Gasteiger partial charge in [-0.15, -0.1) is 5.10 Å². The Labute approximate surface area is 91.5 Å². The lowest BCUT2D eigenvalue weighted by Crippen LogP contribution is -2.37. The van der Waals surface area contributed by atoms with Gasteiger partial charge < -0.3 is 10.6 Å². The third-order valence-corrected chi connectivity index (χ3v) is 2.39. The summed E-state index contributed by atoms with van der Waals surface area (Å²) in [6.07, 6.45) is 1.76. The van der Waals surface area contributed by atoms with Crippen LogP contribution in [0.3, 0.4) is 0 Å². The molecule has 0 aromatic carbocycles. The summed E-state index contributed by atoms with van der Waals surface area (Å²) in [5.74, 6) is 0.900. The highest BCUT2D eigenvalue weighted by Gasteiger charge is 2.18. The van der Waals surface area contributed by atoms with Gasteiger partial charge in [-0.2, -0.15) is 5.10 Å². The quantitative estimate of drug-likeness (QED) is 0.808. The van der Waals surface area contributed by atoms with Gasteiger partial charge in [0.2, 0.25) is 0 Å². The third kappa shape index (κ3) is 3.47. The monoisotopic (exact) mass is 208 g/mol. The zero-order valence-corrected chi connectivity index (χ0v) is 9.99. The van der Waals surface area contributed by atoms with Crippen LogP contribution in [0.15, 0.2) is 12.3 Å². The van der Waals surface area contributed by atoms with Gasteiger partial charge in [0.05, 0.1) is 6.20 Å². The highest BCUT2D eigenvalue weighted by Crippen LogP contribution is 2.18. The van der Waals surface area contributed by atoms with Crippen molar-refractivity contribution >= 4 is 5.82 Å². The number of aromatic nitrogens is 2. The van der Waals surface area contributed by atoms with Crippen LogP contribution in [0.25, 0.3) is 0 Å². The number of nitrogens with two attached hydrogens (primary N) is 1. The van der Waals surface area contributed by atoms with Crippen LogP contribution in [0.5, 0.6) is 0 Å². The molecule has 0 amide bonds. The highest BCUT2D eigenvalue weighted by atomic mass is 15.2. The Morgan fingerprint density at radius 1 is 1.47 bits per heavy atom. The van der Waals surface area contributed by atoms with Crippen molar-refractivity contribution in [1.29, 1.82) is 0 Å². The molecule has 0 unspecified atom stereocenters. The van der Waals surface area contributed by atoms with E-state index in [1.54, 1.807) is 6.20 Å². The van der Waals surface area contributed by atoms with Gasteiger partial charge >= 0.3 is 0 Å². The fourth-order valence-electron chi connectivity index (χ4n) is 1.42. The normalized spacial score (nSPS) is 11.5. The minimum absolute atomic E-state index is 0.0974. The van der Waals surface area contributed by atoms with E-state index < -0.39 is 0 Å². The van der Waals surface area contributed by atoms with E-state index in [0.717, 1.165) is 17.9 Å². The van der Waals surface area contributed by atoms with Crippen LogP contribution in [0.4, 0.5) is 5.82 Å². The van der Waals surface area contributed by atoms with E-state index in [1.807, 2.05) is 20.0 Å². The molecule has 1 aromatic heterocycles. The van der Waals surface area contributed by atoms with Crippen LogP contribution in [-0.2, 0) is 0 Å². The highest BCUT2D eigenvalue weighted by molar-refractivity contribution is 5.38. The SMILES string of the molecule is Cc1cnnc(N(C)CC(C)(C)CN)c1. The molecular formula is C11H20N4. The van der Waals surface area contributed by atoms with Crippen molar-refractivity contribution in [2.45, 2.75) is 20.8 Å². The number of nitrogens with zero attached hydrogens (tertiary/aromatic N) is 3. The molecule has 0 atom stereocenters. The van der Waals surface area contributed by atoms with Gasteiger partial charge in [-0.25, -0.2) is 0 Å². The van der Waals surface area contributed by atoms with E-state index >= 15 is 0 Å². The summed E-state index contributed by atoms with van der Waals surface area (Å²) in [6.45, 7) is 7.85. The Hall–Kier alpha value is -1.16. The smallest absolute Gasteiger partial charge is 0.151 e. The van der Waals surface area contributed by atoms with E-state index in [-0.39, 0.29) is 5.41 Å².